The molecule has 2 rings (SSSR count). The summed E-state index contributed by atoms with van der Waals surface area (Å²) in [4.78, 5) is 11.8. The molecule has 0 aliphatic heterocycles. The highest BCUT2D eigenvalue weighted by atomic mass is 16.1. The highest BCUT2D eigenvalue weighted by molar-refractivity contribution is 5.49. The molecule has 0 aliphatic rings. The van der Waals surface area contributed by atoms with Gasteiger partial charge in [-0.1, -0.05) is 6.07 Å². The molecule has 0 atom stereocenters. The Morgan fingerprint density at radius 2 is 2.14 bits per heavy atom. The van der Waals surface area contributed by atoms with Crippen molar-refractivity contribution in [3.63, 3.8) is 0 Å². The van der Waals surface area contributed by atoms with Crippen LogP contribution in [0.5, 0.6) is 0 Å². The maximum atomic E-state index is 11.8. The molecule has 0 aliphatic carbocycles. The average molecular weight is 188 g/mol. The van der Waals surface area contributed by atoms with Crippen LogP contribution in [0.3, 0.4) is 0 Å². The van der Waals surface area contributed by atoms with Crippen molar-refractivity contribution in [1.82, 2.24) is 4.40 Å². The fourth-order valence-corrected chi connectivity index (χ4v) is 1.51. The third kappa shape index (κ3) is 1.32. The fourth-order valence-electron chi connectivity index (χ4n) is 1.51. The lowest BCUT2D eigenvalue weighted by Gasteiger charge is -2.03. The molecule has 0 amide bonds. The lowest BCUT2D eigenvalue weighted by molar-refractivity contribution is 0.978. The number of aryl methyl sites for hydroxylation is 1. The van der Waals surface area contributed by atoms with Crippen molar-refractivity contribution >= 4 is 5.52 Å². The van der Waals surface area contributed by atoms with Gasteiger partial charge in [-0.3, -0.25) is 9.20 Å². The summed E-state index contributed by atoms with van der Waals surface area (Å²) in [5.74, 6) is 0. The quantitative estimate of drug-likeness (QED) is 0.727. The molecule has 0 bridgehead atoms. The summed E-state index contributed by atoms with van der Waals surface area (Å²) >= 11 is 0. The van der Waals surface area contributed by atoms with Crippen molar-refractivity contribution in [2.75, 3.05) is 0 Å². The zero-order valence-electron chi connectivity index (χ0n) is 8.03. The Balaban J connectivity index is 2.84. The van der Waals surface area contributed by atoms with Crippen LogP contribution in [-0.2, 0) is 6.54 Å². The number of aromatic nitrogens is 1. The Morgan fingerprint density at radius 1 is 1.36 bits per heavy atom. The minimum absolute atomic E-state index is 0.0231. The van der Waals surface area contributed by atoms with Crippen LogP contribution in [0.25, 0.3) is 5.52 Å². The van der Waals surface area contributed by atoms with Crippen molar-refractivity contribution in [1.29, 1.82) is 0 Å². The smallest absolute Gasteiger partial charge is 0.259 e. The Hall–Kier alpha value is -1.61. The van der Waals surface area contributed by atoms with Crippen molar-refractivity contribution < 1.29 is 0 Å². The van der Waals surface area contributed by atoms with Gasteiger partial charge < -0.3 is 5.73 Å². The third-order valence-corrected chi connectivity index (χ3v) is 2.31. The average Bonchev–Trinajstić information content (AvgIpc) is 2.18. The number of nitrogens with two attached hydrogens (primary N) is 1. The van der Waals surface area contributed by atoms with E-state index in [2.05, 4.69) is 0 Å². The number of fused-ring (bicyclic) bond motifs is 1. The number of rotatable bonds is 1. The molecule has 3 nitrogen and oxygen atoms in total. The zero-order chi connectivity index (χ0) is 10.1. The summed E-state index contributed by atoms with van der Waals surface area (Å²) < 4.78 is 1.62. The second kappa shape index (κ2) is 3.27. The first-order chi connectivity index (χ1) is 6.72. The lowest BCUT2D eigenvalue weighted by atomic mass is 10.2. The molecule has 3 heteroatoms. The second-order valence-corrected chi connectivity index (χ2v) is 3.37. The van der Waals surface area contributed by atoms with Crippen LogP contribution in [0.1, 0.15) is 11.1 Å². The van der Waals surface area contributed by atoms with E-state index in [-0.39, 0.29) is 12.1 Å². The van der Waals surface area contributed by atoms with Gasteiger partial charge in [0.25, 0.3) is 5.56 Å². The van der Waals surface area contributed by atoms with Crippen LogP contribution in [0.15, 0.2) is 35.3 Å². The van der Waals surface area contributed by atoms with E-state index in [9.17, 15) is 4.79 Å². The van der Waals surface area contributed by atoms with Crippen molar-refractivity contribution in [2.24, 2.45) is 5.73 Å². The fraction of sp³-hybridized carbons (Fsp3) is 0.182. The molecule has 0 saturated heterocycles. The largest absolute Gasteiger partial charge is 0.326 e. The number of hydrogen-bond donors (Lipinski definition) is 1. The van der Waals surface area contributed by atoms with Gasteiger partial charge in [-0.25, -0.2) is 0 Å². The molecule has 2 N–H and O–H groups in total. The predicted molar refractivity (Wildman–Crippen MR) is 56.3 cm³/mol. The van der Waals surface area contributed by atoms with Gasteiger partial charge in [-0.05, 0) is 30.7 Å². The molecule has 0 saturated carbocycles. The van der Waals surface area contributed by atoms with Gasteiger partial charge >= 0.3 is 0 Å². The Kier molecular flexibility index (Phi) is 2.09. The topological polar surface area (TPSA) is 47.5 Å². The molecular formula is C11H12N2O. The molecule has 72 valence electrons. The van der Waals surface area contributed by atoms with Gasteiger partial charge in [-0.2, -0.15) is 0 Å². The van der Waals surface area contributed by atoms with E-state index in [1.54, 1.807) is 16.7 Å². The van der Waals surface area contributed by atoms with Crippen LogP contribution in [0.4, 0.5) is 0 Å². The standard InChI is InChI=1S/C11H12N2O/c1-8-4-5-13-10(6-8)3-2-9(7-12)11(13)14/h2-6H,7,12H2,1H3. The maximum absolute atomic E-state index is 11.8. The van der Waals surface area contributed by atoms with Gasteiger partial charge in [-0.15, -0.1) is 0 Å². The first-order valence-electron chi connectivity index (χ1n) is 4.53. The van der Waals surface area contributed by atoms with E-state index in [0.717, 1.165) is 11.1 Å². The van der Waals surface area contributed by atoms with E-state index in [4.69, 9.17) is 5.73 Å². The molecule has 2 heterocycles. The molecule has 0 spiro atoms. The van der Waals surface area contributed by atoms with Crippen molar-refractivity contribution in [2.45, 2.75) is 13.5 Å². The Bertz CT molecular complexity index is 528. The summed E-state index contributed by atoms with van der Waals surface area (Å²) in [6, 6.07) is 7.59. The SMILES string of the molecule is Cc1ccn2c(=O)c(CN)ccc2c1. The summed E-state index contributed by atoms with van der Waals surface area (Å²) in [5, 5.41) is 0. The summed E-state index contributed by atoms with van der Waals surface area (Å²) in [7, 11) is 0. The number of nitrogens with zero attached hydrogens (tertiary/aromatic N) is 1. The molecule has 2 aromatic heterocycles. The van der Waals surface area contributed by atoms with Crippen LogP contribution in [0, 0.1) is 6.92 Å². The summed E-state index contributed by atoms with van der Waals surface area (Å²) in [5.41, 5.74) is 8.13. The van der Waals surface area contributed by atoms with Crippen LogP contribution in [-0.4, -0.2) is 4.40 Å². The first kappa shape index (κ1) is 8.97. The highest BCUT2D eigenvalue weighted by Crippen LogP contribution is 2.04. The molecule has 0 radical (unpaired) electrons. The highest BCUT2D eigenvalue weighted by Gasteiger charge is 2.00. The van der Waals surface area contributed by atoms with Gasteiger partial charge in [0.2, 0.25) is 0 Å². The minimum atomic E-state index is -0.0231. The summed E-state index contributed by atoms with van der Waals surface area (Å²) in [6.07, 6.45) is 1.78. The molecular weight excluding hydrogens is 176 g/mol. The van der Waals surface area contributed by atoms with Crippen molar-refractivity contribution in [3.05, 3.63) is 51.9 Å². The monoisotopic (exact) mass is 188 g/mol. The van der Waals surface area contributed by atoms with Gasteiger partial charge in [0.05, 0.1) is 0 Å². The lowest BCUT2D eigenvalue weighted by Crippen LogP contribution is -2.20. The van der Waals surface area contributed by atoms with Gasteiger partial charge in [0, 0.05) is 23.8 Å². The van der Waals surface area contributed by atoms with Gasteiger partial charge in [0.15, 0.2) is 0 Å². The second-order valence-electron chi connectivity index (χ2n) is 3.37. The maximum Gasteiger partial charge on any atom is 0.259 e. The van der Waals surface area contributed by atoms with Gasteiger partial charge in [0.1, 0.15) is 0 Å². The van der Waals surface area contributed by atoms with Crippen molar-refractivity contribution in [3.8, 4) is 0 Å². The molecule has 0 fully saturated rings. The molecule has 2 aromatic rings. The Labute approximate surface area is 81.8 Å². The zero-order valence-corrected chi connectivity index (χ0v) is 8.03. The molecule has 14 heavy (non-hydrogen) atoms. The Morgan fingerprint density at radius 3 is 2.86 bits per heavy atom. The minimum Gasteiger partial charge on any atom is -0.326 e. The van der Waals surface area contributed by atoms with Crippen LogP contribution >= 0.6 is 0 Å². The van der Waals surface area contributed by atoms with E-state index < -0.39 is 0 Å². The molecule has 0 unspecified atom stereocenters. The number of hydrogen-bond acceptors (Lipinski definition) is 2. The van der Waals surface area contributed by atoms with E-state index in [1.807, 2.05) is 25.1 Å². The normalized spacial score (nSPS) is 10.7. The third-order valence-electron chi connectivity index (χ3n) is 2.31. The first-order valence-corrected chi connectivity index (χ1v) is 4.53. The molecule has 0 aromatic carbocycles. The van der Waals surface area contributed by atoms with E-state index >= 15 is 0 Å². The summed E-state index contributed by atoms with van der Waals surface area (Å²) in [6.45, 7) is 2.29. The van der Waals surface area contributed by atoms with E-state index in [0.29, 0.717) is 5.56 Å². The van der Waals surface area contributed by atoms with E-state index in [1.165, 1.54) is 0 Å². The number of pyridine rings is 2. The predicted octanol–water partition coefficient (Wildman–Crippen LogP) is 1.07. The van der Waals surface area contributed by atoms with Crippen LogP contribution < -0.4 is 11.3 Å². The van der Waals surface area contributed by atoms with Crippen LogP contribution in [0.2, 0.25) is 0 Å².